The molecule has 0 atom stereocenters. The van der Waals surface area contributed by atoms with Crippen molar-refractivity contribution in [3.8, 4) is 33.8 Å². The van der Waals surface area contributed by atoms with Crippen LogP contribution < -0.4 is 21.1 Å². The van der Waals surface area contributed by atoms with E-state index in [9.17, 15) is 0 Å². The van der Waals surface area contributed by atoms with Crippen molar-refractivity contribution < 1.29 is 4.74 Å². The van der Waals surface area contributed by atoms with Crippen molar-refractivity contribution >= 4 is 23.1 Å². The number of hydrogen-bond donors (Lipinski definition) is 0. The first-order valence-electron chi connectivity index (χ1n) is 10.8. The number of benzene rings is 4. The first-order valence-corrected chi connectivity index (χ1v) is 10.8. The smallest absolute Gasteiger partial charge is 0.253 e. The van der Waals surface area contributed by atoms with Gasteiger partial charge in [-0.05, 0) is 51.3 Å². The third-order valence-electron chi connectivity index (χ3n) is 6.09. The molecule has 0 aromatic heterocycles. The van der Waals surface area contributed by atoms with Crippen LogP contribution in [0.3, 0.4) is 0 Å². The molecule has 1 aliphatic rings. The van der Waals surface area contributed by atoms with Crippen molar-refractivity contribution in [2.24, 2.45) is 0 Å². The van der Waals surface area contributed by atoms with Crippen molar-refractivity contribution in [2.45, 2.75) is 0 Å². The van der Waals surface area contributed by atoms with Gasteiger partial charge in [0.05, 0.1) is 0 Å². The van der Waals surface area contributed by atoms with Crippen LogP contribution in [-0.4, -0.2) is 6.71 Å². The van der Waals surface area contributed by atoms with Crippen molar-refractivity contribution in [2.75, 3.05) is 0 Å². The van der Waals surface area contributed by atoms with Gasteiger partial charge in [-0.15, -0.1) is 0 Å². The van der Waals surface area contributed by atoms with Crippen LogP contribution in [0, 0.1) is 12.1 Å². The van der Waals surface area contributed by atoms with E-state index in [0.29, 0.717) is 0 Å². The lowest BCUT2D eigenvalue weighted by atomic mass is 9.34. The van der Waals surface area contributed by atoms with E-state index in [-0.39, 0.29) is 6.71 Å². The highest BCUT2D eigenvalue weighted by molar-refractivity contribution is 6.98. The predicted molar refractivity (Wildman–Crippen MR) is 133 cm³/mol. The standard InChI is InChI=1S/C30H19BO/c1-3-12-22(13-4-1)24-16-11-17-25(23-14-5-2-6-15-23)30(24)31-26-18-7-9-20-28(26)32-29-21-10-8-19-27(29)31/h1-10,12-16,18-21H. The Morgan fingerprint density at radius 3 is 1.72 bits per heavy atom. The van der Waals surface area contributed by atoms with Gasteiger partial charge in [0, 0.05) is 5.56 Å². The normalized spacial score (nSPS) is 11.7. The number of hydrogen-bond acceptors (Lipinski definition) is 1. The monoisotopic (exact) mass is 406 g/mol. The highest BCUT2D eigenvalue weighted by atomic mass is 16.5. The minimum absolute atomic E-state index is 0.0208. The number of rotatable bonds is 3. The third kappa shape index (κ3) is 3.07. The van der Waals surface area contributed by atoms with E-state index in [4.69, 9.17) is 4.74 Å². The van der Waals surface area contributed by atoms with Crippen LogP contribution in [0.15, 0.2) is 115 Å². The van der Waals surface area contributed by atoms with Crippen molar-refractivity contribution in [1.82, 2.24) is 0 Å². The van der Waals surface area contributed by atoms with Crippen LogP contribution in [0.5, 0.6) is 11.5 Å². The first-order chi connectivity index (χ1) is 15.9. The quantitative estimate of drug-likeness (QED) is 0.365. The summed E-state index contributed by atoms with van der Waals surface area (Å²) in [4.78, 5) is 0. The zero-order chi connectivity index (χ0) is 21.3. The van der Waals surface area contributed by atoms with Gasteiger partial charge in [-0.2, -0.15) is 0 Å². The van der Waals surface area contributed by atoms with E-state index in [1.54, 1.807) is 0 Å². The Bertz CT molecular complexity index is 1290. The Hall–Kier alpha value is -4.22. The van der Waals surface area contributed by atoms with Crippen LogP contribution in [0.1, 0.15) is 0 Å². The second-order valence-corrected chi connectivity index (χ2v) is 7.96. The Balaban J connectivity index is 1.71. The SMILES string of the molecule is c1cc(-c2ccccc2)c(B2c3ccccc3Oc3ccccc32)c(-c2ccccc2)c#1. The fraction of sp³-hybridized carbons (Fsp3) is 0. The Labute approximate surface area is 189 Å². The zero-order valence-electron chi connectivity index (χ0n) is 17.5. The average Bonchev–Trinajstić information content (AvgIpc) is 2.88. The second kappa shape index (κ2) is 7.80. The third-order valence-corrected chi connectivity index (χ3v) is 6.09. The molecular formula is C30H19BO. The molecule has 0 saturated heterocycles. The Morgan fingerprint density at radius 1 is 0.562 bits per heavy atom. The van der Waals surface area contributed by atoms with Crippen LogP contribution >= 0.6 is 0 Å². The molecule has 0 N–H and O–H groups in total. The number of para-hydroxylation sites is 2. The van der Waals surface area contributed by atoms with Crippen LogP contribution in [0.2, 0.25) is 0 Å². The lowest BCUT2D eigenvalue weighted by molar-refractivity contribution is 0.487. The van der Waals surface area contributed by atoms with E-state index in [0.717, 1.165) is 22.6 Å². The maximum absolute atomic E-state index is 6.30. The van der Waals surface area contributed by atoms with E-state index in [2.05, 4.69) is 109 Å². The van der Waals surface area contributed by atoms with Gasteiger partial charge in [0.25, 0.3) is 6.71 Å². The fourth-order valence-electron chi connectivity index (χ4n) is 4.67. The summed E-state index contributed by atoms with van der Waals surface area (Å²) in [6.45, 7) is 0.0208. The van der Waals surface area contributed by atoms with Gasteiger partial charge in [-0.1, -0.05) is 109 Å². The average molecular weight is 406 g/mol. The highest BCUT2D eigenvalue weighted by Gasteiger charge is 2.35. The number of fused-ring (bicyclic) bond motifs is 2. The van der Waals surface area contributed by atoms with Gasteiger partial charge in [-0.25, -0.2) is 0 Å². The molecule has 1 nitrogen and oxygen atoms in total. The predicted octanol–water partition coefficient (Wildman–Crippen LogP) is 5.24. The maximum atomic E-state index is 6.30. The summed E-state index contributed by atoms with van der Waals surface area (Å²) in [6, 6.07) is 46.6. The van der Waals surface area contributed by atoms with Gasteiger partial charge >= 0.3 is 0 Å². The maximum Gasteiger partial charge on any atom is 0.253 e. The van der Waals surface area contributed by atoms with Crippen LogP contribution in [-0.2, 0) is 0 Å². The summed E-state index contributed by atoms with van der Waals surface area (Å²) in [7, 11) is 0. The molecule has 5 aromatic rings. The van der Waals surface area contributed by atoms with Crippen LogP contribution in [0.4, 0.5) is 0 Å². The summed E-state index contributed by atoms with van der Waals surface area (Å²) in [5.74, 6) is 1.81. The van der Waals surface area contributed by atoms with Crippen LogP contribution in [0.25, 0.3) is 22.3 Å². The lowest BCUT2D eigenvalue weighted by Gasteiger charge is -2.29. The highest BCUT2D eigenvalue weighted by Crippen LogP contribution is 2.28. The fourth-order valence-corrected chi connectivity index (χ4v) is 4.67. The molecule has 1 heterocycles. The molecule has 0 radical (unpaired) electrons. The van der Waals surface area contributed by atoms with Crippen molar-refractivity contribution in [3.05, 3.63) is 127 Å². The summed E-state index contributed by atoms with van der Waals surface area (Å²) in [5.41, 5.74) is 8.11. The molecule has 2 heteroatoms. The van der Waals surface area contributed by atoms with E-state index < -0.39 is 0 Å². The molecule has 148 valence electrons. The zero-order valence-corrected chi connectivity index (χ0v) is 17.5. The minimum atomic E-state index is 0.0208. The topological polar surface area (TPSA) is 9.23 Å². The van der Waals surface area contributed by atoms with Crippen molar-refractivity contribution in [1.29, 1.82) is 0 Å². The molecule has 0 unspecified atom stereocenters. The summed E-state index contributed by atoms with van der Waals surface area (Å²) in [5, 5.41) is 0. The van der Waals surface area contributed by atoms with E-state index >= 15 is 0 Å². The molecule has 0 spiro atoms. The van der Waals surface area contributed by atoms with Gasteiger partial charge < -0.3 is 4.74 Å². The first kappa shape index (κ1) is 18.5. The molecule has 0 amide bonds. The lowest BCUT2D eigenvalue weighted by Crippen LogP contribution is -2.56. The van der Waals surface area contributed by atoms with Gasteiger partial charge in [0.15, 0.2) is 0 Å². The van der Waals surface area contributed by atoms with Crippen molar-refractivity contribution in [3.63, 3.8) is 0 Å². The summed E-state index contributed by atoms with van der Waals surface area (Å²) in [6.07, 6.45) is 0. The largest absolute Gasteiger partial charge is 0.458 e. The number of ether oxygens (including phenoxy) is 1. The summed E-state index contributed by atoms with van der Waals surface area (Å²) < 4.78 is 6.30. The molecule has 6 rings (SSSR count). The molecule has 0 bridgehead atoms. The van der Waals surface area contributed by atoms with Gasteiger partial charge in [-0.3, -0.25) is 0 Å². The molecule has 5 aromatic carbocycles. The van der Waals surface area contributed by atoms with Gasteiger partial charge in [0.1, 0.15) is 11.5 Å². The summed E-state index contributed by atoms with van der Waals surface area (Å²) >= 11 is 0. The molecule has 0 saturated carbocycles. The molecule has 32 heavy (non-hydrogen) atoms. The minimum Gasteiger partial charge on any atom is -0.458 e. The molecular weight excluding hydrogens is 387 g/mol. The Morgan fingerprint density at radius 2 is 1.09 bits per heavy atom. The van der Waals surface area contributed by atoms with E-state index in [1.165, 1.54) is 27.5 Å². The van der Waals surface area contributed by atoms with Gasteiger partial charge in [0.2, 0.25) is 0 Å². The molecule has 1 aliphatic heterocycles. The second-order valence-electron chi connectivity index (χ2n) is 7.96. The van der Waals surface area contributed by atoms with E-state index in [1.807, 2.05) is 18.2 Å². The molecule has 0 aliphatic carbocycles. The Kier molecular flexibility index (Phi) is 4.52. The molecule has 0 fully saturated rings.